The van der Waals surface area contributed by atoms with Crippen molar-refractivity contribution < 1.29 is 4.74 Å². The molecule has 1 atom stereocenters. The Morgan fingerprint density at radius 3 is 2.88 bits per heavy atom. The van der Waals surface area contributed by atoms with Gasteiger partial charge in [0.2, 0.25) is 0 Å². The van der Waals surface area contributed by atoms with Crippen LogP contribution in [-0.4, -0.2) is 29.7 Å². The highest BCUT2D eigenvalue weighted by Gasteiger charge is 2.06. The van der Waals surface area contributed by atoms with Crippen molar-refractivity contribution in [3.8, 4) is 0 Å². The first-order valence-corrected chi connectivity index (χ1v) is 5.97. The third-order valence-corrected chi connectivity index (χ3v) is 2.62. The van der Waals surface area contributed by atoms with Gasteiger partial charge in [0.15, 0.2) is 0 Å². The van der Waals surface area contributed by atoms with Crippen LogP contribution < -0.4 is 11.1 Å². The number of ether oxygens (including phenoxy) is 1. The summed E-state index contributed by atoms with van der Waals surface area (Å²) in [6.07, 6.45) is 0.925. The van der Waals surface area contributed by atoms with Crippen molar-refractivity contribution in [3.05, 3.63) is 23.4 Å². The lowest BCUT2D eigenvalue weighted by Gasteiger charge is -2.15. The first kappa shape index (κ1) is 13.9. The minimum Gasteiger partial charge on any atom is -0.389 e. The van der Waals surface area contributed by atoms with E-state index in [-0.39, 0.29) is 0 Å². The van der Waals surface area contributed by atoms with Gasteiger partial charge in [0.1, 0.15) is 10.8 Å². The Bertz CT molecular complexity index is 395. The molecule has 1 aromatic heterocycles. The molecule has 1 aromatic rings. The van der Waals surface area contributed by atoms with E-state index in [1.165, 1.54) is 0 Å². The fourth-order valence-electron chi connectivity index (χ4n) is 1.50. The average molecular weight is 253 g/mol. The van der Waals surface area contributed by atoms with Crippen LogP contribution in [0.3, 0.4) is 0 Å². The Morgan fingerprint density at radius 1 is 1.59 bits per heavy atom. The first-order chi connectivity index (χ1) is 8.02. The second-order valence-corrected chi connectivity index (χ2v) is 4.51. The van der Waals surface area contributed by atoms with Gasteiger partial charge in [-0.05, 0) is 32.4 Å². The maximum atomic E-state index is 5.62. The van der Waals surface area contributed by atoms with Crippen LogP contribution in [0, 0.1) is 6.92 Å². The molecule has 5 heteroatoms. The largest absolute Gasteiger partial charge is 0.389 e. The summed E-state index contributed by atoms with van der Waals surface area (Å²) in [6.45, 7) is 4.73. The number of rotatable bonds is 6. The molecule has 94 valence electrons. The summed E-state index contributed by atoms with van der Waals surface area (Å²) in [5, 5.41) is 3.31. The van der Waals surface area contributed by atoms with Crippen molar-refractivity contribution in [3.63, 3.8) is 0 Å². The van der Waals surface area contributed by atoms with E-state index in [0.29, 0.717) is 11.0 Å². The molecule has 0 aliphatic carbocycles. The van der Waals surface area contributed by atoms with Gasteiger partial charge in [-0.25, -0.2) is 4.98 Å². The number of nitrogens with zero attached hydrogens (tertiary/aromatic N) is 1. The molecular weight excluding hydrogens is 234 g/mol. The van der Waals surface area contributed by atoms with Gasteiger partial charge in [0, 0.05) is 31.0 Å². The van der Waals surface area contributed by atoms with Crippen molar-refractivity contribution in [1.82, 2.24) is 4.98 Å². The molecule has 3 N–H and O–H groups in total. The van der Waals surface area contributed by atoms with Crippen LogP contribution in [0.2, 0.25) is 0 Å². The topological polar surface area (TPSA) is 60.2 Å². The fraction of sp³-hybridized carbons (Fsp3) is 0.500. The minimum atomic E-state index is 0.295. The number of nitrogens with two attached hydrogens (primary N) is 1. The molecule has 0 aromatic carbocycles. The van der Waals surface area contributed by atoms with Crippen LogP contribution in [0.5, 0.6) is 0 Å². The second-order valence-electron chi connectivity index (χ2n) is 4.07. The Morgan fingerprint density at radius 2 is 2.29 bits per heavy atom. The van der Waals surface area contributed by atoms with Gasteiger partial charge in [-0.2, -0.15) is 0 Å². The molecule has 0 aliphatic rings. The number of hydrogen-bond acceptors (Lipinski definition) is 4. The molecule has 1 heterocycles. The second kappa shape index (κ2) is 6.51. The molecule has 0 saturated heterocycles. The normalized spacial score (nSPS) is 12.2. The van der Waals surface area contributed by atoms with Crippen LogP contribution >= 0.6 is 12.2 Å². The van der Waals surface area contributed by atoms with E-state index in [9.17, 15) is 0 Å². The summed E-state index contributed by atoms with van der Waals surface area (Å²) in [6, 6.07) is 4.05. The lowest BCUT2D eigenvalue weighted by atomic mass is 10.2. The number of aryl methyl sites for hydroxylation is 1. The Balaban J connectivity index is 2.73. The number of methoxy groups -OCH3 is 1. The summed E-state index contributed by atoms with van der Waals surface area (Å²) in [5.74, 6) is 0.802. The lowest BCUT2D eigenvalue weighted by Crippen LogP contribution is -2.19. The average Bonchev–Trinajstić information content (AvgIpc) is 2.25. The predicted octanol–water partition coefficient (Wildman–Crippen LogP) is 1.86. The third-order valence-electron chi connectivity index (χ3n) is 2.39. The molecule has 1 unspecified atom stereocenters. The van der Waals surface area contributed by atoms with Gasteiger partial charge in [-0.15, -0.1) is 0 Å². The van der Waals surface area contributed by atoms with Gasteiger partial charge in [-0.3, -0.25) is 0 Å². The van der Waals surface area contributed by atoms with Crippen LogP contribution in [0.1, 0.15) is 24.6 Å². The van der Waals surface area contributed by atoms with E-state index in [1.807, 2.05) is 19.1 Å². The number of hydrogen-bond donors (Lipinski definition) is 2. The number of thiocarbonyl (C=S) groups is 1. The SMILES string of the molecule is COCCC(C)Nc1cc(C(N)=S)cc(C)n1. The van der Waals surface area contributed by atoms with Crippen LogP contribution in [0.15, 0.2) is 12.1 Å². The summed E-state index contributed by atoms with van der Waals surface area (Å²) in [5.41, 5.74) is 7.36. The molecule has 0 saturated carbocycles. The van der Waals surface area contributed by atoms with Gasteiger partial charge in [-0.1, -0.05) is 12.2 Å². The van der Waals surface area contributed by atoms with Crippen molar-refractivity contribution in [2.45, 2.75) is 26.3 Å². The summed E-state index contributed by atoms with van der Waals surface area (Å²) in [4.78, 5) is 4.79. The molecule has 4 nitrogen and oxygen atoms in total. The highest BCUT2D eigenvalue weighted by Crippen LogP contribution is 2.12. The number of aromatic nitrogens is 1. The molecule has 17 heavy (non-hydrogen) atoms. The minimum absolute atomic E-state index is 0.295. The molecule has 1 rings (SSSR count). The number of anilines is 1. The lowest BCUT2D eigenvalue weighted by molar-refractivity contribution is 0.191. The predicted molar refractivity (Wildman–Crippen MR) is 74.4 cm³/mol. The van der Waals surface area contributed by atoms with E-state index in [1.54, 1.807) is 7.11 Å². The van der Waals surface area contributed by atoms with Crippen molar-refractivity contribution in [1.29, 1.82) is 0 Å². The van der Waals surface area contributed by atoms with Crippen molar-refractivity contribution in [2.75, 3.05) is 19.0 Å². The summed E-state index contributed by atoms with van der Waals surface area (Å²) >= 11 is 4.97. The molecular formula is C12H19N3OS. The molecule has 0 fully saturated rings. The van der Waals surface area contributed by atoms with Crippen molar-refractivity contribution >= 4 is 23.0 Å². The Kier molecular flexibility index (Phi) is 5.31. The van der Waals surface area contributed by atoms with Crippen LogP contribution in [-0.2, 0) is 4.74 Å². The number of nitrogens with one attached hydrogen (secondary N) is 1. The zero-order valence-corrected chi connectivity index (χ0v) is 11.3. The van der Waals surface area contributed by atoms with E-state index in [0.717, 1.165) is 30.1 Å². The zero-order valence-electron chi connectivity index (χ0n) is 10.5. The highest BCUT2D eigenvalue weighted by molar-refractivity contribution is 7.80. The van der Waals surface area contributed by atoms with Gasteiger partial charge >= 0.3 is 0 Å². The molecule has 0 amide bonds. The fourth-order valence-corrected chi connectivity index (χ4v) is 1.62. The standard InChI is InChI=1S/C12H19N3OS/c1-8(4-5-16-3)14-11-7-10(12(13)17)6-9(2)15-11/h6-8H,4-5H2,1-3H3,(H2,13,17)(H,14,15). The third kappa shape index (κ3) is 4.66. The number of pyridine rings is 1. The smallest absolute Gasteiger partial charge is 0.127 e. The van der Waals surface area contributed by atoms with E-state index >= 15 is 0 Å². The van der Waals surface area contributed by atoms with Crippen LogP contribution in [0.25, 0.3) is 0 Å². The van der Waals surface area contributed by atoms with E-state index < -0.39 is 0 Å². The Labute approximate surface area is 108 Å². The van der Waals surface area contributed by atoms with Gasteiger partial charge < -0.3 is 15.8 Å². The molecule has 0 spiro atoms. The summed E-state index contributed by atoms with van der Waals surface area (Å²) in [7, 11) is 1.70. The summed E-state index contributed by atoms with van der Waals surface area (Å²) < 4.78 is 5.03. The maximum absolute atomic E-state index is 5.62. The van der Waals surface area contributed by atoms with E-state index in [2.05, 4.69) is 17.2 Å². The first-order valence-electron chi connectivity index (χ1n) is 5.57. The Hall–Kier alpha value is -1.20. The van der Waals surface area contributed by atoms with Gasteiger partial charge in [0.05, 0.1) is 0 Å². The van der Waals surface area contributed by atoms with Crippen molar-refractivity contribution in [2.24, 2.45) is 5.73 Å². The molecule has 0 bridgehead atoms. The quantitative estimate of drug-likeness (QED) is 0.758. The maximum Gasteiger partial charge on any atom is 0.127 e. The van der Waals surface area contributed by atoms with Crippen LogP contribution in [0.4, 0.5) is 5.82 Å². The van der Waals surface area contributed by atoms with E-state index in [4.69, 9.17) is 22.7 Å². The highest BCUT2D eigenvalue weighted by atomic mass is 32.1. The molecule has 0 aliphatic heterocycles. The monoisotopic (exact) mass is 253 g/mol. The van der Waals surface area contributed by atoms with Gasteiger partial charge in [0.25, 0.3) is 0 Å². The molecule has 0 radical (unpaired) electrons. The zero-order chi connectivity index (χ0) is 12.8.